The van der Waals surface area contributed by atoms with E-state index in [1.807, 2.05) is 38.1 Å². The molecule has 0 aliphatic carbocycles. The second-order valence-corrected chi connectivity index (χ2v) is 5.28. The Morgan fingerprint density at radius 2 is 1.88 bits per heavy atom. The summed E-state index contributed by atoms with van der Waals surface area (Å²) in [7, 11) is 0. The Bertz CT molecular complexity index is 359. The van der Waals surface area contributed by atoms with E-state index in [9.17, 15) is 4.79 Å². The molecule has 94 valence electrons. The summed E-state index contributed by atoms with van der Waals surface area (Å²) in [6.45, 7) is 5.68. The molecular formula is C13H18O3S. The molecule has 1 rings (SSSR count). The SMILES string of the molecule is CC(C)Oc1ccc(SCC(C)C(=O)O)cc1. The second kappa shape index (κ2) is 6.55. The Morgan fingerprint density at radius 1 is 1.29 bits per heavy atom. The number of thioether (sulfide) groups is 1. The Kier molecular flexibility index (Phi) is 5.35. The van der Waals surface area contributed by atoms with Gasteiger partial charge in [0.15, 0.2) is 0 Å². The van der Waals surface area contributed by atoms with Gasteiger partial charge >= 0.3 is 5.97 Å². The molecule has 1 N–H and O–H groups in total. The molecule has 0 aromatic heterocycles. The molecule has 0 heterocycles. The van der Waals surface area contributed by atoms with Crippen molar-refractivity contribution in [2.45, 2.75) is 31.8 Å². The monoisotopic (exact) mass is 254 g/mol. The van der Waals surface area contributed by atoms with Crippen LogP contribution in [0.2, 0.25) is 0 Å². The zero-order valence-corrected chi connectivity index (χ0v) is 11.2. The fourth-order valence-corrected chi connectivity index (χ4v) is 2.09. The van der Waals surface area contributed by atoms with Crippen LogP contribution in [0.25, 0.3) is 0 Å². The van der Waals surface area contributed by atoms with Gasteiger partial charge in [-0.1, -0.05) is 6.92 Å². The van der Waals surface area contributed by atoms with Gasteiger partial charge in [0.25, 0.3) is 0 Å². The fourth-order valence-electron chi connectivity index (χ4n) is 1.18. The molecule has 0 spiro atoms. The predicted molar refractivity (Wildman–Crippen MR) is 69.7 cm³/mol. The van der Waals surface area contributed by atoms with Gasteiger partial charge in [0.1, 0.15) is 5.75 Å². The standard InChI is InChI=1S/C13H18O3S/c1-9(2)16-11-4-6-12(7-5-11)17-8-10(3)13(14)15/h4-7,9-10H,8H2,1-3H3,(H,14,15). The first-order valence-corrected chi connectivity index (χ1v) is 6.60. The van der Waals surface area contributed by atoms with Gasteiger partial charge in [-0.05, 0) is 38.1 Å². The molecule has 0 fully saturated rings. The second-order valence-electron chi connectivity index (χ2n) is 4.19. The van der Waals surface area contributed by atoms with Gasteiger partial charge in [0.2, 0.25) is 0 Å². The molecule has 0 aliphatic heterocycles. The zero-order chi connectivity index (χ0) is 12.8. The Hall–Kier alpha value is -1.16. The van der Waals surface area contributed by atoms with Gasteiger partial charge < -0.3 is 9.84 Å². The van der Waals surface area contributed by atoms with E-state index < -0.39 is 5.97 Å². The maximum atomic E-state index is 10.7. The number of rotatable bonds is 6. The number of benzene rings is 1. The smallest absolute Gasteiger partial charge is 0.307 e. The van der Waals surface area contributed by atoms with Crippen LogP contribution in [0.15, 0.2) is 29.2 Å². The zero-order valence-electron chi connectivity index (χ0n) is 10.3. The van der Waals surface area contributed by atoms with E-state index in [2.05, 4.69) is 0 Å². The molecule has 0 radical (unpaired) electrons. The topological polar surface area (TPSA) is 46.5 Å². The van der Waals surface area contributed by atoms with E-state index in [1.165, 1.54) is 0 Å². The quantitative estimate of drug-likeness (QED) is 0.791. The van der Waals surface area contributed by atoms with Crippen LogP contribution < -0.4 is 4.74 Å². The first kappa shape index (κ1) is 13.9. The Balaban J connectivity index is 2.48. The molecule has 0 bridgehead atoms. The molecule has 0 saturated heterocycles. The van der Waals surface area contributed by atoms with Crippen molar-refractivity contribution < 1.29 is 14.6 Å². The third-order valence-corrected chi connectivity index (χ3v) is 3.39. The van der Waals surface area contributed by atoms with E-state index in [0.717, 1.165) is 10.6 Å². The van der Waals surface area contributed by atoms with Crippen molar-refractivity contribution in [2.75, 3.05) is 5.75 Å². The van der Waals surface area contributed by atoms with E-state index >= 15 is 0 Å². The van der Waals surface area contributed by atoms with Gasteiger partial charge in [-0.25, -0.2) is 0 Å². The predicted octanol–water partition coefficient (Wildman–Crippen LogP) is 3.29. The van der Waals surface area contributed by atoms with Gasteiger partial charge in [-0.2, -0.15) is 0 Å². The average Bonchev–Trinajstić information content (AvgIpc) is 2.26. The lowest BCUT2D eigenvalue weighted by Gasteiger charge is -2.10. The molecular weight excluding hydrogens is 236 g/mol. The summed E-state index contributed by atoms with van der Waals surface area (Å²) in [6.07, 6.45) is 0.167. The number of hydrogen-bond donors (Lipinski definition) is 1. The summed E-state index contributed by atoms with van der Waals surface area (Å²) in [6, 6.07) is 7.73. The highest BCUT2D eigenvalue weighted by Gasteiger charge is 2.10. The molecule has 3 nitrogen and oxygen atoms in total. The van der Waals surface area contributed by atoms with Crippen molar-refractivity contribution in [3.05, 3.63) is 24.3 Å². The minimum atomic E-state index is -0.753. The maximum Gasteiger partial charge on any atom is 0.307 e. The molecule has 1 aromatic carbocycles. The van der Waals surface area contributed by atoms with Crippen LogP contribution in [0.3, 0.4) is 0 Å². The fraction of sp³-hybridized carbons (Fsp3) is 0.462. The van der Waals surface area contributed by atoms with Crippen molar-refractivity contribution in [2.24, 2.45) is 5.92 Å². The van der Waals surface area contributed by atoms with E-state index in [-0.39, 0.29) is 12.0 Å². The van der Waals surface area contributed by atoms with Crippen molar-refractivity contribution in [1.29, 1.82) is 0 Å². The van der Waals surface area contributed by atoms with Crippen molar-refractivity contribution >= 4 is 17.7 Å². The Morgan fingerprint density at radius 3 is 2.35 bits per heavy atom. The first-order valence-electron chi connectivity index (χ1n) is 5.61. The molecule has 0 amide bonds. The molecule has 1 atom stereocenters. The highest BCUT2D eigenvalue weighted by molar-refractivity contribution is 7.99. The number of hydrogen-bond acceptors (Lipinski definition) is 3. The average molecular weight is 254 g/mol. The summed E-state index contributed by atoms with van der Waals surface area (Å²) in [5.41, 5.74) is 0. The number of carbonyl (C=O) groups is 1. The van der Waals surface area contributed by atoms with Crippen LogP contribution in [-0.4, -0.2) is 22.9 Å². The van der Waals surface area contributed by atoms with Gasteiger partial charge in [-0.15, -0.1) is 11.8 Å². The molecule has 4 heteroatoms. The third-order valence-electron chi connectivity index (χ3n) is 2.12. The third kappa shape index (κ3) is 5.13. The molecule has 1 unspecified atom stereocenters. The van der Waals surface area contributed by atoms with Crippen LogP contribution in [0.1, 0.15) is 20.8 Å². The van der Waals surface area contributed by atoms with Gasteiger partial charge in [-0.3, -0.25) is 4.79 Å². The van der Waals surface area contributed by atoms with Crippen molar-refractivity contribution in [1.82, 2.24) is 0 Å². The summed E-state index contributed by atoms with van der Waals surface area (Å²) in [4.78, 5) is 11.7. The summed E-state index contributed by atoms with van der Waals surface area (Å²) in [5, 5.41) is 8.77. The number of carboxylic acid groups (broad SMARTS) is 1. The van der Waals surface area contributed by atoms with Crippen LogP contribution in [0, 0.1) is 5.92 Å². The molecule has 0 saturated carbocycles. The highest BCUT2D eigenvalue weighted by atomic mass is 32.2. The molecule has 17 heavy (non-hydrogen) atoms. The van der Waals surface area contributed by atoms with Gasteiger partial charge in [0, 0.05) is 10.6 Å². The lowest BCUT2D eigenvalue weighted by molar-refractivity contribution is -0.140. The van der Waals surface area contributed by atoms with E-state index in [1.54, 1.807) is 18.7 Å². The summed E-state index contributed by atoms with van der Waals surface area (Å²) < 4.78 is 5.53. The van der Waals surface area contributed by atoms with Gasteiger partial charge in [0.05, 0.1) is 12.0 Å². The lowest BCUT2D eigenvalue weighted by Crippen LogP contribution is -2.11. The number of aliphatic carboxylic acids is 1. The number of ether oxygens (including phenoxy) is 1. The maximum absolute atomic E-state index is 10.7. The minimum Gasteiger partial charge on any atom is -0.491 e. The highest BCUT2D eigenvalue weighted by Crippen LogP contribution is 2.23. The Labute approximate surface area is 106 Å². The largest absolute Gasteiger partial charge is 0.491 e. The normalized spacial score (nSPS) is 12.5. The molecule has 0 aliphatic rings. The van der Waals surface area contributed by atoms with Crippen molar-refractivity contribution in [3.8, 4) is 5.75 Å². The number of carboxylic acids is 1. The first-order chi connectivity index (χ1) is 7.99. The van der Waals surface area contributed by atoms with Crippen LogP contribution in [0.4, 0.5) is 0 Å². The van der Waals surface area contributed by atoms with Crippen LogP contribution in [-0.2, 0) is 4.79 Å². The van der Waals surface area contributed by atoms with Crippen molar-refractivity contribution in [3.63, 3.8) is 0 Å². The lowest BCUT2D eigenvalue weighted by atomic mass is 10.2. The summed E-state index contributed by atoms with van der Waals surface area (Å²) >= 11 is 1.55. The minimum absolute atomic E-state index is 0.167. The van der Waals surface area contributed by atoms with Crippen LogP contribution in [0.5, 0.6) is 5.75 Å². The van der Waals surface area contributed by atoms with E-state index in [4.69, 9.17) is 9.84 Å². The van der Waals surface area contributed by atoms with E-state index in [0.29, 0.717) is 5.75 Å². The molecule has 1 aromatic rings. The summed E-state index contributed by atoms with van der Waals surface area (Å²) in [5.74, 6) is 0.346. The van der Waals surface area contributed by atoms with Crippen LogP contribution >= 0.6 is 11.8 Å².